The third kappa shape index (κ3) is 3.88. The van der Waals surface area contributed by atoms with Gasteiger partial charge in [-0.25, -0.2) is 9.78 Å². The van der Waals surface area contributed by atoms with E-state index in [0.29, 0.717) is 10.8 Å². The topological polar surface area (TPSA) is 79.3 Å². The van der Waals surface area contributed by atoms with Crippen LogP contribution in [-0.2, 0) is 11.3 Å². The summed E-state index contributed by atoms with van der Waals surface area (Å²) in [6.45, 7) is 0.289. The Hall–Kier alpha value is -1.08. The molecule has 1 heterocycles. The van der Waals surface area contributed by atoms with Crippen LogP contribution in [0.3, 0.4) is 0 Å². The summed E-state index contributed by atoms with van der Waals surface area (Å²) in [5.41, 5.74) is 0.0223. The summed E-state index contributed by atoms with van der Waals surface area (Å²) in [5, 5.41) is 13.3. The van der Waals surface area contributed by atoms with Crippen LogP contribution in [-0.4, -0.2) is 34.0 Å². The van der Waals surface area contributed by atoms with Crippen LogP contribution in [0.15, 0.2) is 5.38 Å². The number of carbonyl (C=O) groups excluding carboxylic acids is 1. The minimum Gasteiger partial charge on any atom is -0.476 e. The first kappa shape index (κ1) is 12.0. The molecule has 7 heteroatoms. The molecule has 0 aliphatic carbocycles. The Morgan fingerprint density at radius 1 is 1.67 bits per heavy atom. The Morgan fingerprint density at radius 3 is 2.93 bits per heavy atom. The summed E-state index contributed by atoms with van der Waals surface area (Å²) < 4.78 is 0. The molecule has 82 valence electrons. The molecule has 0 radical (unpaired) electrons. The van der Waals surface area contributed by atoms with Crippen molar-refractivity contribution in [3.05, 3.63) is 16.1 Å². The average Bonchev–Trinajstić information content (AvgIpc) is 2.63. The molecule has 0 saturated heterocycles. The molecule has 1 aromatic heterocycles. The van der Waals surface area contributed by atoms with Gasteiger partial charge in [0.25, 0.3) is 0 Å². The van der Waals surface area contributed by atoms with E-state index in [4.69, 9.17) is 5.11 Å². The van der Waals surface area contributed by atoms with E-state index in [1.54, 1.807) is 0 Å². The lowest BCUT2D eigenvalue weighted by Crippen LogP contribution is -2.24. The third-order valence-electron chi connectivity index (χ3n) is 1.48. The molecular formula is C8H10N2O3S2. The number of nitrogens with zero attached hydrogens (tertiary/aromatic N) is 1. The van der Waals surface area contributed by atoms with Crippen molar-refractivity contribution in [2.45, 2.75) is 6.54 Å². The van der Waals surface area contributed by atoms with Crippen LogP contribution in [0.4, 0.5) is 0 Å². The highest BCUT2D eigenvalue weighted by Crippen LogP contribution is 2.09. The van der Waals surface area contributed by atoms with Crippen LogP contribution in [0.1, 0.15) is 15.5 Å². The van der Waals surface area contributed by atoms with Crippen molar-refractivity contribution in [1.29, 1.82) is 0 Å². The molecule has 0 aromatic carbocycles. The highest BCUT2D eigenvalue weighted by Gasteiger charge is 2.08. The van der Waals surface area contributed by atoms with Crippen LogP contribution >= 0.6 is 23.1 Å². The molecule has 15 heavy (non-hydrogen) atoms. The van der Waals surface area contributed by atoms with Gasteiger partial charge in [-0.1, -0.05) is 0 Å². The number of amides is 1. The number of thiazole rings is 1. The van der Waals surface area contributed by atoms with Crippen molar-refractivity contribution >= 4 is 35.0 Å². The van der Waals surface area contributed by atoms with Crippen LogP contribution in [0.5, 0.6) is 0 Å². The van der Waals surface area contributed by atoms with Crippen molar-refractivity contribution in [3.8, 4) is 0 Å². The number of aromatic nitrogens is 1. The molecule has 1 amide bonds. The van der Waals surface area contributed by atoms with E-state index < -0.39 is 5.97 Å². The van der Waals surface area contributed by atoms with E-state index >= 15 is 0 Å². The predicted molar refractivity (Wildman–Crippen MR) is 59.3 cm³/mol. The molecule has 5 nitrogen and oxygen atoms in total. The highest BCUT2D eigenvalue weighted by molar-refractivity contribution is 7.99. The number of aromatic carboxylic acids is 1. The molecule has 0 fully saturated rings. The molecule has 1 rings (SSSR count). The maximum atomic E-state index is 11.1. The first-order valence-corrected chi connectivity index (χ1v) is 6.34. The van der Waals surface area contributed by atoms with Crippen LogP contribution in [0.25, 0.3) is 0 Å². The lowest BCUT2D eigenvalue weighted by molar-refractivity contribution is -0.118. The second-order valence-corrected chi connectivity index (χ2v) is 4.45. The standard InChI is InChI=1S/C8H10N2O3S2/c1-14-4-6(11)9-2-7-10-5(3-15-7)8(12)13/h3H,2,4H2,1H3,(H,9,11)(H,12,13). The summed E-state index contributed by atoms with van der Waals surface area (Å²) in [6.07, 6.45) is 1.84. The molecule has 0 aliphatic heterocycles. The first-order chi connectivity index (χ1) is 7.13. The first-order valence-electron chi connectivity index (χ1n) is 4.07. The lowest BCUT2D eigenvalue weighted by atomic mass is 10.5. The number of carboxylic acid groups (broad SMARTS) is 1. The maximum absolute atomic E-state index is 11.1. The van der Waals surface area contributed by atoms with E-state index in [1.165, 1.54) is 28.5 Å². The Kier molecular flexibility index (Phi) is 4.57. The van der Waals surface area contributed by atoms with Crippen LogP contribution in [0.2, 0.25) is 0 Å². The zero-order chi connectivity index (χ0) is 11.3. The quantitative estimate of drug-likeness (QED) is 0.804. The molecule has 1 aromatic rings. The maximum Gasteiger partial charge on any atom is 0.355 e. The summed E-state index contributed by atoms with van der Waals surface area (Å²) in [5.74, 6) is -0.723. The summed E-state index contributed by atoms with van der Waals surface area (Å²) in [6, 6.07) is 0. The fraction of sp³-hybridized carbons (Fsp3) is 0.375. The number of hydrogen-bond donors (Lipinski definition) is 2. The number of hydrogen-bond acceptors (Lipinski definition) is 5. The van der Waals surface area contributed by atoms with Crippen LogP contribution < -0.4 is 5.32 Å². The molecule has 0 aliphatic rings. The summed E-state index contributed by atoms with van der Waals surface area (Å²) in [7, 11) is 0. The SMILES string of the molecule is CSCC(=O)NCc1nc(C(=O)O)cs1. The minimum atomic E-state index is -1.05. The fourth-order valence-corrected chi connectivity index (χ4v) is 1.92. The number of rotatable bonds is 5. The van der Waals surface area contributed by atoms with Crippen molar-refractivity contribution in [3.63, 3.8) is 0 Å². The Balaban J connectivity index is 2.44. The third-order valence-corrected chi connectivity index (χ3v) is 2.88. The smallest absolute Gasteiger partial charge is 0.355 e. The lowest BCUT2D eigenvalue weighted by Gasteiger charge is -1.99. The van der Waals surface area contributed by atoms with Gasteiger partial charge in [0.05, 0.1) is 12.3 Å². The van der Waals surface area contributed by atoms with Gasteiger partial charge in [-0.2, -0.15) is 11.8 Å². The van der Waals surface area contributed by atoms with Gasteiger partial charge in [-0.05, 0) is 6.26 Å². The van der Waals surface area contributed by atoms with Gasteiger partial charge in [0.15, 0.2) is 5.69 Å². The van der Waals surface area contributed by atoms with Gasteiger partial charge in [0, 0.05) is 5.38 Å². The van der Waals surface area contributed by atoms with Gasteiger partial charge >= 0.3 is 5.97 Å². The van der Waals surface area contributed by atoms with E-state index in [9.17, 15) is 9.59 Å². The van der Waals surface area contributed by atoms with Crippen LogP contribution in [0, 0.1) is 0 Å². The summed E-state index contributed by atoms with van der Waals surface area (Å²) >= 11 is 2.66. The van der Waals surface area contributed by atoms with Gasteiger partial charge < -0.3 is 10.4 Å². The molecule has 0 unspecified atom stereocenters. The molecular weight excluding hydrogens is 236 g/mol. The van der Waals surface area contributed by atoms with Gasteiger partial charge in [0.1, 0.15) is 5.01 Å². The van der Waals surface area contributed by atoms with Gasteiger partial charge in [-0.15, -0.1) is 11.3 Å². The van der Waals surface area contributed by atoms with Crippen molar-refractivity contribution in [2.24, 2.45) is 0 Å². The zero-order valence-electron chi connectivity index (χ0n) is 8.02. The fourth-order valence-electron chi connectivity index (χ4n) is 0.847. The minimum absolute atomic E-state index is 0.0223. The van der Waals surface area contributed by atoms with E-state index in [0.717, 1.165) is 0 Å². The molecule has 0 spiro atoms. The second-order valence-electron chi connectivity index (χ2n) is 2.64. The Morgan fingerprint density at radius 2 is 2.40 bits per heavy atom. The van der Waals surface area contributed by atoms with Gasteiger partial charge in [0.2, 0.25) is 5.91 Å². The molecule has 0 saturated carbocycles. The largest absolute Gasteiger partial charge is 0.476 e. The number of thioether (sulfide) groups is 1. The second kappa shape index (κ2) is 5.72. The number of carbonyl (C=O) groups is 2. The van der Waals surface area contributed by atoms with Crippen molar-refractivity contribution < 1.29 is 14.7 Å². The Bertz CT molecular complexity index is 365. The molecule has 0 bridgehead atoms. The van der Waals surface area contributed by atoms with Crippen molar-refractivity contribution in [1.82, 2.24) is 10.3 Å². The van der Waals surface area contributed by atoms with Crippen molar-refractivity contribution in [2.75, 3.05) is 12.0 Å². The average molecular weight is 246 g/mol. The van der Waals surface area contributed by atoms with E-state index in [1.807, 2.05) is 6.26 Å². The van der Waals surface area contributed by atoms with Gasteiger partial charge in [-0.3, -0.25) is 4.79 Å². The molecule has 2 N–H and O–H groups in total. The van der Waals surface area contributed by atoms with E-state index in [2.05, 4.69) is 10.3 Å². The predicted octanol–water partition coefficient (Wildman–Crippen LogP) is 0.820. The van der Waals surface area contributed by atoms with E-state index in [-0.39, 0.29) is 18.1 Å². The number of carboxylic acids is 1. The zero-order valence-corrected chi connectivity index (χ0v) is 9.65. The normalized spacial score (nSPS) is 9.93. The number of nitrogens with one attached hydrogen (secondary N) is 1. The highest BCUT2D eigenvalue weighted by atomic mass is 32.2. The Labute approximate surface area is 94.9 Å². The molecule has 0 atom stereocenters. The summed E-state index contributed by atoms with van der Waals surface area (Å²) in [4.78, 5) is 25.4. The monoisotopic (exact) mass is 246 g/mol.